The molecule has 0 spiro atoms. The summed E-state index contributed by atoms with van der Waals surface area (Å²) in [5.41, 5.74) is 7.96. The van der Waals surface area contributed by atoms with Gasteiger partial charge < -0.3 is 5.73 Å². The van der Waals surface area contributed by atoms with E-state index >= 15 is 0 Å². The number of halogens is 2. The Morgan fingerprint density at radius 1 is 1.15 bits per heavy atom. The highest BCUT2D eigenvalue weighted by Gasteiger charge is 2.15. The zero-order chi connectivity index (χ0) is 14.7. The summed E-state index contributed by atoms with van der Waals surface area (Å²) >= 11 is 0. The van der Waals surface area contributed by atoms with Gasteiger partial charge in [0.15, 0.2) is 11.6 Å². The van der Waals surface area contributed by atoms with Gasteiger partial charge in [0.05, 0.1) is 10.8 Å². The highest BCUT2D eigenvalue weighted by atomic mass is 32.2. The lowest BCUT2D eigenvalue weighted by Gasteiger charge is -2.14. The Balaban J connectivity index is 2.15. The number of aryl methyl sites for hydroxylation is 1. The lowest BCUT2D eigenvalue weighted by Crippen LogP contribution is -2.19. The van der Waals surface area contributed by atoms with Crippen molar-refractivity contribution >= 4 is 10.8 Å². The first kappa shape index (κ1) is 14.8. The van der Waals surface area contributed by atoms with Crippen molar-refractivity contribution in [2.45, 2.75) is 17.9 Å². The summed E-state index contributed by atoms with van der Waals surface area (Å²) in [6.07, 6.45) is 0. The molecule has 0 radical (unpaired) electrons. The molecule has 0 fully saturated rings. The van der Waals surface area contributed by atoms with Crippen LogP contribution in [-0.4, -0.2) is 9.96 Å². The van der Waals surface area contributed by atoms with Crippen molar-refractivity contribution in [3.05, 3.63) is 65.2 Å². The molecule has 5 heteroatoms. The quantitative estimate of drug-likeness (QED) is 0.942. The molecule has 0 saturated carbocycles. The summed E-state index contributed by atoms with van der Waals surface area (Å²) in [4.78, 5) is 0.243. The lowest BCUT2D eigenvalue weighted by molar-refractivity contribution is 0.505. The molecule has 0 heterocycles. The maximum absolute atomic E-state index is 13.1. The average Bonchev–Trinajstić information content (AvgIpc) is 2.42. The highest BCUT2D eigenvalue weighted by molar-refractivity contribution is 7.85. The van der Waals surface area contributed by atoms with Crippen LogP contribution in [0.1, 0.15) is 17.2 Å². The van der Waals surface area contributed by atoms with Gasteiger partial charge in [-0.3, -0.25) is 4.21 Å². The van der Waals surface area contributed by atoms with Gasteiger partial charge in [-0.15, -0.1) is 0 Å². The first-order valence-corrected chi connectivity index (χ1v) is 7.45. The van der Waals surface area contributed by atoms with Crippen molar-refractivity contribution in [3.63, 3.8) is 0 Å². The molecule has 2 nitrogen and oxygen atoms in total. The Morgan fingerprint density at radius 2 is 1.85 bits per heavy atom. The predicted octanol–water partition coefficient (Wildman–Crippen LogP) is 3.08. The molecular formula is C15H15F2NOS. The molecule has 0 aliphatic carbocycles. The smallest absolute Gasteiger partial charge is 0.160 e. The number of benzene rings is 2. The van der Waals surface area contributed by atoms with Gasteiger partial charge >= 0.3 is 0 Å². The van der Waals surface area contributed by atoms with Crippen LogP contribution in [0.3, 0.4) is 0 Å². The molecule has 2 aromatic rings. The second-order valence-corrected chi connectivity index (χ2v) is 6.05. The van der Waals surface area contributed by atoms with Crippen LogP contribution in [0.5, 0.6) is 0 Å². The van der Waals surface area contributed by atoms with Gasteiger partial charge in [-0.25, -0.2) is 8.78 Å². The van der Waals surface area contributed by atoms with E-state index in [-0.39, 0.29) is 10.6 Å². The molecule has 2 unspecified atom stereocenters. The average molecular weight is 295 g/mol. The molecule has 2 N–H and O–H groups in total. The van der Waals surface area contributed by atoms with Crippen LogP contribution in [0.2, 0.25) is 0 Å². The highest BCUT2D eigenvalue weighted by Crippen LogP contribution is 2.19. The molecule has 2 aromatic carbocycles. The first-order valence-electron chi connectivity index (χ1n) is 6.13. The third-order valence-electron chi connectivity index (χ3n) is 3.07. The molecule has 2 atom stereocenters. The summed E-state index contributed by atoms with van der Waals surface area (Å²) in [6.45, 7) is 1.93. The molecule has 2 rings (SSSR count). The second-order valence-electron chi connectivity index (χ2n) is 4.55. The normalized spacial score (nSPS) is 14.0. The standard InChI is InChI=1S/C15H15F2NOS/c1-10-4-2-3-5-12(10)15(18)9-20(19)11-6-7-13(16)14(17)8-11/h2-8,15H,9,18H2,1H3. The van der Waals surface area contributed by atoms with Gasteiger partial charge in [0.2, 0.25) is 0 Å². The van der Waals surface area contributed by atoms with Gasteiger partial charge in [0, 0.05) is 16.7 Å². The van der Waals surface area contributed by atoms with Gasteiger partial charge in [-0.05, 0) is 36.2 Å². The van der Waals surface area contributed by atoms with Crippen LogP contribution in [0.25, 0.3) is 0 Å². The number of nitrogens with two attached hydrogens (primary N) is 1. The Labute approximate surface area is 119 Å². The van der Waals surface area contributed by atoms with Crippen LogP contribution >= 0.6 is 0 Å². The minimum Gasteiger partial charge on any atom is -0.323 e. The third-order valence-corrected chi connectivity index (χ3v) is 4.51. The van der Waals surface area contributed by atoms with Gasteiger partial charge in [0.1, 0.15) is 0 Å². The monoisotopic (exact) mass is 295 g/mol. The van der Waals surface area contributed by atoms with Crippen molar-refractivity contribution in [2.24, 2.45) is 5.73 Å². The van der Waals surface area contributed by atoms with Crippen LogP contribution < -0.4 is 5.73 Å². The Bertz CT molecular complexity index is 646. The van der Waals surface area contributed by atoms with Crippen LogP contribution in [-0.2, 0) is 10.8 Å². The van der Waals surface area contributed by atoms with E-state index in [4.69, 9.17) is 5.73 Å². The van der Waals surface area contributed by atoms with E-state index < -0.39 is 28.5 Å². The summed E-state index contributed by atoms with van der Waals surface area (Å²) < 4.78 is 38.1. The number of hydrogen-bond donors (Lipinski definition) is 1. The van der Waals surface area contributed by atoms with Crippen LogP contribution in [0.15, 0.2) is 47.4 Å². The molecular weight excluding hydrogens is 280 g/mol. The summed E-state index contributed by atoms with van der Waals surface area (Å²) in [5.74, 6) is -1.79. The maximum atomic E-state index is 13.1. The molecule has 0 aliphatic rings. The van der Waals surface area contributed by atoms with E-state index in [1.54, 1.807) is 0 Å². The molecule has 0 saturated heterocycles. The fraction of sp³-hybridized carbons (Fsp3) is 0.200. The number of hydrogen-bond acceptors (Lipinski definition) is 2. The molecule has 0 aromatic heterocycles. The van der Waals surface area contributed by atoms with Crippen molar-refractivity contribution in [2.75, 3.05) is 5.75 Å². The maximum Gasteiger partial charge on any atom is 0.160 e. The van der Waals surface area contributed by atoms with Gasteiger partial charge in [-0.2, -0.15) is 0 Å². The largest absolute Gasteiger partial charge is 0.323 e. The van der Waals surface area contributed by atoms with Crippen LogP contribution in [0, 0.1) is 18.6 Å². The molecule has 20 heavy (non-hydrogen) atoms. The second kappa shape index (κ2) is 6.24. The van der Waals surface area contributed by atoms with Crippen molar-refractivity contribution < 1.29 is 13.0 Å². The first-order chi connectivity index (χ1) is 9.49. The Hall–Kier alpha value is -1.59. The summed E-state index contributed by atoms with van der Waals surface area (Å²) in [7, 11) is -1.47. The van der Waals surface area contributed by atoms with E-state index in [0.29, 0.717) is 0 Å². The van der Waals surface area contributed by atoms with E-state index in [2.05, 4.69) is 0 Å². The summed E-state index contributed by atoms with van der Waals surface area (Å²) in [5, 5.41) is 0. The predicted molar refractivity (Wildman–Crippen MR) is 75.7 cm³/mol. The Kier molecular flexibility index (Phi) is 4.62. The Morgan fingerprint density at radius 3 is 2.50 bits per heavy atom. The molecule has 0 bridgehead atoms. The fourth-order valence-electron chi connectivity index (χ4n) is 1.97. The summed E-state index contributed by atoms with van der Waals surface area (Å²) in [6, 6.07) is 10.4. The van der Waals surface area contributed by atoms with Crippen LogP contribution in [0.4, 0.5) is 8.78 Å². The van der Waals surface area contributed by atoms with E-state index in [1.165, 1.54) is 6.07 Å². The van der Waals surface area contributed by atoms with Crippen molar-refractivity contribution in [1.82, 2.24) is 0 Å². The van der Waals surface area contributed by atoms with E-state index in [9.17, 15) is 13.0 Å². The van der Waals surface area contributed by atoms with E-state index in [1.807, 2.05) is 31.2 Å². The molecule has 0 amide bonds. The van der Waals surface area contributed by atoms with Gasteiger partial charge in [-0.1, -0.05) is 24.3 Å². The minimum atomic E-state index is -1.47. The zero-order valence-corrected chi connectivity index (χ0v) is 11.8. The van der Waals surface area contributed by atoms with Crippen molar-refractivity contribution in [1.29, 1.82) is 0 Å². The number of rotatable bonds is 4. The SMILES string of the molecule is Cc1ccccc1C(N)CS(=O)c1ccc(F)c(F)c1. The minimum absolute atomic E-state index is 0.163. The third kappa shape index (κ3) is 3.29. The fourth-order valence-corrected chi connectivity index (χ4v) is 3.12. The molecule has 0 aliphatic heterocycles. The molecule has 106 valence electrons. The van der Waals surface area contributed by atoms with Crippen molar-refractivity contribution in [3.8, 4) is 0 Å². The topological polar surface area (TPSA) is 43.1 Å². The van der Waals surface area contributed by atoms with E-state index in [0.717, 1.165) is 23.3 Å². The lowest BCUT2D eigenvalue weighted by atomic mass is 10.0. The van der Waals surface area contributed by atoms with Gasteiger partial charge in [0.25, 0.3) is 0 Å². The zero-order valence-electron chi connectivity index (χ0n) is 11.0.